The van der Waals surface area contributed by atoms with Crippen molar-refractivity contribution < 1.29 is 14.3 Å². The van der Waals surface area contributed by atoms with Gasteiger partial charge in [0, 0.05) is 19.4 Å². The van der Waals surface area contributed by atoms with Gasteiger partial charge in [-0.1, -0.05) is 19.3 Å². The van der Waals surface area contributed by atoms with Gasteiger partial charge in [-0.15, -0.1) is 0 Å². The zero-order valence-electron chi connectivity index (χ0n) is 13.2. The Balaban J connectivity index is 2.35. The molecule has 0 spiro atoms. The molecule has 0 aromatic rings. The first-order valence-electron chi connectivity index (χ1n) is 7.85. The molecular formula is C16H29NO3. The summed E-state index contributed by atoms with van der Waals surface area (Å²) in [4.78, 5) is 23.3. The molecule has 1 atom stereocenters. The standard InChI is InChI=1S/C16H29NO3/c1-16(2,3)20-15(19)11-9-13-7-5-4-6-12-17-14(18)10-8-13/h13H,4-12H2,1-3H3,(H,17,18). The molecule has 1 rings (SSSR count). The average Bonchev–Trinajstić information content (AvgIpc) is 2.33. The van der Waals surface area contributed by atoms with Gasteiger partial charge in [-0.3, -0.25) is 9.59 Å². The van der Waals surface area contributed by atoms with Crippen LogP contribution in [0, 0.1) is 5.92 Å². The molecule has 1 unspecified atom stereocenters. The average molecular weight is 283 g/mol. The van der Waals surface area contributed by atoms with E-state index >= 15 is 0 Å². The van der Waals surface area contributed by atoms with Crippen LogP contribution in [0.1, 0.15) is 72.1 Å². The van der Waals surface area contributed by atoms with Crippen LogP contribution >= 0.6 is 0 Å². The maximum absolute atomic E-state index is 11.7. The third kappa shape index (κ3) is 8.18. The molecule has 1 fully saturated rings. The molecule has 0 aliphatic carbocycles. The van der Waals surface area contributed by atoms with E-state index in [9.17, 15) is 9.59 Å². The highest BCUT2D eigenvalue weighted by molar-refractivity contribution is 5.75. The van der Waals surface area contributed by atoms with Crippen molar-refractivity contribution in [3.63, 3.8) is 0 Å². The van der Waals surface area contributed by atoms with Crippen LogP contribution in [0.2, 0.25) is 0 Å². The Kier molecular flexibility index (Phi) is 7.03. The highest BCUT2D eigenvalue weighted by atomic mass is 16.6. The minimum atomic E-state index is -0.409. The van der Waals surface area contributed by atoms with E-state index < -0.39 is 5.60 Å². The first-order chi connectivity index (χ1) is 9.37. The molecule has 0 radical (unpaired) electrons. The van der Waals surface area contributed by atoms with Crippen LogP contribution < -0.4 is 5.32 Å². The molecule has 0 bridgehead atoms. The lowest BCUT2D eigenvalue weighted by atomic mass is 9.91. The molecule has 1 heterocycles. The van der Waals surface area contributed by atoms with Crippen LogP contribution in [0.15, 0.2) is 0 Å². The number of nitrogens with one attached hydrogen (secondary N) is 1. The Morgan fingerprint density at radius 3 is 2.70 bits per heavy atom. The Hall–Kier alpha value is -1.06. The van der Waals surface area contributed by atoms with Crippen LogP contribution in [0.25, 0.3) is 0 Å². The third-order valence-electron chi connectivity index (χ3n) is 3.57. The summed E-state index contributed by atoms with van der Waals surface area (Å²) in [7, 11) is 0. The number of rotatable bonds is 3. The molecule has 1 N–H and O–H groups in total. The number of amides is 1. The second-order valence-corrected chi connectivity index (χ2v) is 6.73. The molecule has 0 aromatic heterocycles. The molecule has 1 aliphatic heterocycles. The minimum Gasteiger partial charge on any atom is -0.460 e. The van der Waals surface area contributed by atoms with Crippen LogP contribution in [-0.2, 0) is 14.3 Å². The van der Waals surface area contributed by atoms with Gasteiger partial charge < -0.3 is 10.1 Å². The quantitative estimate of drug-likeness (QED) is 0.809. The van der Waals surface area contributed by atoms with Gasteiger partial charge in [0.05, 0.1) is 0 Å². The lowest BCUT2D eigenvalue weighted by molar-refractivity contribution is -0.155. The van der Waals surface area contributed by atoms with E-state index in [4.69, 9.17) is 4.74 Å². The van der Waals surface area contributed by atoms with Crippen molar-refractivity contribution in [2.75, 3.05) is 6.54 Å². The third-order valence-corrected chi connectivity index (χ3v) is 3.57. The molecule has 4 heteroatoms. The zero-order chi connectivity index (χ0) is 15.0. The number of esters is 1. The summed E-state index contributed by atoms with van der Waals surface area (Å²) in [5, 5.41) is 2.94. The van der Waals surface area contributed by atoms with Gasteiger partial charge in [0.1, 0.15) is 5.60 Å². The maximum Gasteiger partial charge on any atom is 0.306 e. The number of hydrogen-bond donors (Lipinski definition) is 1. The van der Waals surface area contributed by atoms with Gasteiger partial charge in [0.15, 0.2) is 0 Å². The van der Waals surface area contributed by atoms with E-state index in [1.807, 2.05) is 20.8 Å². The highest BCUT2D eigenvalue weighted by Gasteiger charge is 2.19. The zero-order valence-corrected chi connectivity index (χ0v) is 13.2. The fourth-order valence-electron chi connectivity index (χ4n) is 2.53. The summed E-state index contributed by atoms with van der Waals surface area (Å²) >= 11 is 0. The van der Waals surface area contributed by atoms with Gasteiger partial charge >= 0.3 is 5.97 Å². The number of carbonyl (C=O) groups is 2. The maximum atomic E-state index is 11.7. The Bertz CT molecular complexity index is 320. The first kappa shape index (κ1) is 17.0. The van der Waals surface area contributed by atoms with E-state index in [2.05, 4.69) is 5.32 Å². The predicted molar refractivity (Wildman–Crippen MR) is 79.3 cm³/mol. The van der Waals surface area contributed by atoms with Crippen molar-refractivity contribution in [2.45, 2.75) is 77.7 Å². The lowest BCUT2D eigenvalue weighted by Crippen LogP contribution is -2.26. The van der Waals surface area contributed by atoms with Crippen molar-refractivity contribution in [1.82, 2.24) is 5.32 Å². The van der Waals surface area contributed by atoms with Crippen LogP contribution in [0.4, 0.5) is 0 Å². The topological polar surface area (TPSA) is 55.4 Å². The first-order valence-corrected chi connectivity index (χ1v) is 7.85. The van der Waals surface area contributed by atoms with Crippen molar-refractivity contribution in [1.29, 1.82) is 0 Å². The lowest BCUT2D eigenvalue weighted by Gasteiger charge is -2.21. The molecule has 116 valence electrons. The number of hydrogen-bond acceptors (Lipinski definition) is 3. The summed E-state index contributed by atoms with van der Waals surface area (Å²) in [5.74, 6) is 0.486. The Labute approximate surface area is 122 Å². The normalized spacial score (nSPS) is 21.9. The van der Waals surface area contributed by atoms with Crippen molar-refractivity contribution in [2.24, 2.45) is 5.92 Å². The summed E-state index contributed by atoms with van der Waals surface area (Å²) in [5.41, 5.74) is -0.409. The van der Waals surface area contributed by atoms with Gasteiger partial charge in [-0.05, 0) is 46.0 Å². The summed E-state index contributed by atoms with van der Waals surface area (Å²) in [6.07, 6.45) is 7.29. The summed E-state index contributed by atoms with van der Waals surface area (Å²) in [6, 6.07) is 0. The molecular weight excluding hydrogens is 254 g/mol. The molecule has 20 heavy (non-hydrogen) atoms. The van der Waals surface area contributed by atoms with Crippen LogP contribution in [-0.4, -0.2) is 24.0 Å². The highest BCUT2D eigenvalue weighted by Crippen LogP contribution is 2.22. The van der Waals surface area contributed by atoms with Gasteiger partial charge in [-0.25, -0.2) is 0 Å². The molecule has 0 aromatic carbocycles. The minimum absolute atomic E-state index is 0.126. The van der Waals surface area contributed by atoms with Gasteiger partial charge in [-0.2, -0.15) is 0 Å². The molecule has 1 amide bonds. The smallest absolute Gasteiger partial charge is 0.306 e. The SMILES string of the molecule is CC(C)(C)OC(=O)CCC1CCCCCNC(=O)CC1. The molecule has 1 saturated heterocycles. The molecule has 4 nitrogen and oxygen atoms in total. The van der Waals surface area contributed by atoms with Crippen LogP contribution in [0.5, 0.6) is 0 Å². The predicted octanol–water partition coefficient (Wildman–Crippen LogP) is 3.19. The molecule has 0 saturated carbocycles. The van der Waals surface area contributed by atoms with Crippen molar-refractivity contribution >= 4 is 11.9 Å². The van der Waals surface area contributed by atoms with E-state index in [1.165, 1.54) is 6.42 Å². The van der Waals surface area contributed by atoms with E-state index in [-0.39, 0.29) is 11.9 Å². The van der Waals surface area contributed by atoms with E-state index in [1.54, 1.807) is 0 Å². The van der Waals surface area contributed by atoms with Gasteiger partial charge in [0.25, 0.3) is 0 Å². The molecule has 1 aliphatic rings. The summed E-state index contributed by atoms with van der Waals surface area (Å²) in [6.45, 7) is 6.47. The Morgan fingerprint density at radius 2 is 2.00 bits per heavy atom. The van der Waals surface area contributed by atoms with Crippen LogP contribution in [0.3, 0.4) is 0 Å². The number of ether oxygens (including phenoxy) is 1. The fourth-order valence-corrected chi connectivity index (χ4v) is 2.53. The van der Waals surface area contributed by atoms with E-state index in [0.717, 1.165) is 38.6 Å². The van der Waals surface area contributed by atoms with E-state index in [0.29, 0.717) is 18.8 Å². The van der Waals surface area contributed by atoms with Crippen molar-refractivity contribution in [3.05, 3.63) is 0 Å². The second kappa shape index (κ2) is 8.28. The Morgan fingerprint density at radius 1 is 1.25 bits per heavy atom. The largest absolute Gasteiger partial charge is 0.460 e. The van der Waals surface area contributed by atoms with Crippen molar-refractivity contribution in [3.8, 4) is 0 Å². The summed E-state index contributed by atoms with van der Waals surface area (Å²) < 4.78 is 5.33. The fraction of sp³-hybridized carbons (Fsp3) is 0.875. The second-order valence-electron chi connectivity index (χ2n) is 6.73. The number of carbonyl (C=O) groups excluding carboxylic acids is 2. The van der Waals surface area contributed by atoms with Gasteiger partial charge in [0.2, 0.25) is 5.91 Å². The monoisotopic (exact) mass is 283 g/mol.